The molecule has 0 aliphatic carbocycles. The molecule has 1 saturated heterocycles. The van der Waals surface area contributed by atoms with Crippen LogP contribution in [-0.2, 0) is 4.79 Å². The van der Waals surface area contributed by atoms with Crippen molar-refractivity contribution >= 4 is 11.8 Å². The molecule has 0 saturated carbocycles. The second-order valence-electron chi connectivity index (χ2n) is 6.17. The summed E-state index contributed by atoms with van der Waals surface area (Å²) in [4.78, 5) is 27.7. The summed E-state index contributed by atoms with van der Waals surface area (Å²) in [5, 5.41) is 11.0. The smallest absolute Gasteiger partial charge is 0.276 e. The van der Waals surface area contributed by atoms with Gasteiger partial charge in [0.25, 0.3) is 5.91 Å². The minimum Gasteiger partial charge on any atom is -0.355 e. The molecule has 1 atom stereocenters. The Morgan fingerprint density at radius 1 is 1.31 bits per heavy atom. The number of nitrogens with two attached hydrogens (primary N) is 1. The molecule has 9 heteroatoms. The standard InChI is InChI=1S/C17H21FN6O2/c18-13-3-5-14(6-4-13)24-21-10-15(22-24)17(26)23-9-1-2-12(11-23)16(25)20-8-7-19/h3-6,10,12H,1-2,7-9,11,19H2,(H,20,25). The summed E-state index contributed by atoms with van der Waals surface area (Å²) < 4.78 is 13.0. The third-order valence-corrected chi connectivity index (χ3v) is 4.29. The summed E-state index contributed by atoms with van der Waals surface area (Å²) in [6.07, 6.45) is 2.87. The molecule has 3 rings (SSSR count). The zero-order chi connectivity index (χ0) is 18.5. The van der Waals surface area contributed by atoms with Crippen molar-refractivity contribution in [2.75, 3.05) is 26.2 Å². The Balaban J connectivity index is 1.67. The van der Waals surface area contributed by atoms with Gasteiger partial charge in [0, 0.05) is 26.2 Å². The van der Waals surface area contributed by atoms with Gasteiger partial charge in [0.15, 0.2) is 5.69 Å². The van der Waals surface area contributed by atoms with Crippen LogP contribution in [0.25, 0.3) is 5.69 Å². The van der Waals surface area contributed by atoms with Crippen LogP contribution in [0.15, 0.2) is 30.5 Å². The molecule has 8 nitrogen and oxygen atoms in total. The molecule has 2 heterocycles. The van der Waals surface area contributed by atoms with Crippen molar-refractivity contribution in [2.45, 2.75) is 12.8 Å². The van der Waals surface area contributed by atoms with Crippen molar-refractivity contribution in [3.8, 4) is 5.69 Å². The Kier molecular flexibility index (Phi) is 5.57. The number of rotatable bonds is 5. The Bertz CT molecular complexity index is 776. The number of hydrogen-bond donors (Lipinski definition) is 2. The molecule has 1 aliphatic heterocycles. The van der Waals surface area contributed by atoms with E-state index >= 15 is 0 Å². The van der Waals surface area contributed by atoms with Gasteiger partial charge < -0.3 is 16.0 Å². The molecule has 1 fully saturated rings. The van der Waals surface area contributed by atoms with Crippen LogP contribution in [0.5, 0.6) is 0 Å². The van der Waals surface area contributed by atoms with Gasteiger partial charge in [0.1, 0.15) is 5.82 Å². The van der Waals surface area contributed by atoms with Crippen LogP contribution < -0.4 is 11.1 Å². The SMILES string of the molecule is NCCNC(=O)C1CCCN(C(=O)c2cnn(-c3ccc(F)cc3)n2)C1. The van der Waals surface area contributed by atoms with E-state index in [9.17, 15) is 14.0 Å². The monoisotopic (exact) mass is 360 g/mol. The van der Waals surface area contributed by atoms with Crippen molar-refractivity contribution in [3.05, 3.63) is 42.0 Å². The number of aromatic nitrogens is 3. The molecule has 0 bridgehead atoms. The zero-order valence-corrected chi connectivity index (χ0v) is 14.3. The molecule has 138 valence electrons. The van der Waals surface area contributed by atoms with E-state index in [-0.39, 0.29) is 29.2 Å². The molecule has 3 N–H and O–H groups in total. The minimum absolute atomic E-state index is 0.0806. The van der Waals surface area contributed by atoms with Crippen LogP contribution in [0.3, 0.4) is 0 Å². The predicted molar refractivity (Wildman–Crippen MR) is 92.0 cm³/mol. The first-order valence-corrected chi connectivity index (χ1v) is 8.54. The lowest BCUT2D eigenvalue weighted by Crippen LogP contribution is -2.46. The Morgan fingerprint density at radius 2 is 2.08 bits per heavy atom. The zero-order valence-electron chi connectivity index (χ0n) is 14.3. The van der Waals surface area contributed by atoms with Crippen LogP contribution in [0.4, 0.5) is 4.39 Å². The van der Waals surface area contributed by atoms with Gasteiger partial charge in [-0.3, -0.25) is 9.59 Å². The molecule has 1 unspecified atom stereocenters. The van der Waals surface area contributed by atoms with Crippen LogP contribution >= 0.6 is 0 Å². The average Bonchev–Trinajstić information content (AvgIpc) is 3.16. The number of piperidine rings is 1. The fourth-order valence-corrected chi connectivity index (χ4v) is 2.94. The molecule has 0 radical (unpaired) electrons. The number of hydrogen-bond acceptors (Lipinski definition) is 5. The Morgan fingerprint density at radius 3 is 2.81 bits per heavy atom. The summed E-state index contributed by atoms with van der Waals surface area (Å²) in [6, 6.07) is 5.66. The summed E-state index contributed by atoms with van der Waals surface area (Å²) in [5.41, 5.74) is 6.15. The highest BCUT2D eigenvalue weighted by molar-refractivity contribution is 5.92. The molecule has 26 heavy (non-hydrogen) atoms. The molecular formula is C17H21FN6O2. The number of halogens is 1. The van der Waals surface area contributed by atoms with E-state index in [0.29, 0.717) is 31.9 Å². The normalized spacial score (nSPS) is 17.2. The van der Waals surface area contributed by atoms with Gasteiger partial charge in [-0.25, -0.2) is 4.39 Å². The molecule has 1 aromatic heterocycles. The van der Waals surface area contributed by atoms with Gasteiger partial charge in [-0.15, -0.1) is 5.10 Å². The first-order chi connectivity index (χ1) is 12.6. The van der Waals surface area contributed by atoms with Gasteiger partial charge >= 0.3 is 0 Å². The maximum atomic E-state index is 13.0. The highest BCUT2D eigenvalue weighted by Crippen LogP contribution is 2.18. The van der Waals surface area contributed by atoms with Crippen LogP contribution in [0.2, 0.25) is 0 Å². The quantitative estimate of drug-likeness (QED) is 0.799. The number of carbonyl (C=O) groups is 2. The minimum atomic E-state index is -0.357. The van der Waals surface area contributed by atoms with Crippen molar-refractivity contribution in [2.24, 2.45) is 11.7 Å². The average molecular weight is 360 g/mol. The largest absolute Gasteiger partial charge is 0.355 e. The van der Waals surface area contributed by atoms with E-state index in [1.54, 1.807) is 4.90 Å². The molecule has 2 aromatic rings. The molecule has 1 aromatic carbocycles. The summed E-state index contributed by atoms with van der Waals surface area (Å²) >= 11 is 0. The van der Waals surface area contributed by atoms with E-state index in [0.717, 1.165) is 12.8 Å². The second-order valence-corrected chi connectivity index (χ2v) is 6.17. The Labute approximate surface area is 150 Å². The lowest BCUT2D eigenvalue weighted by atomic mass is 9.97. The third kappa shape index (κ3) is 4.05. The van der Waals surface area contributed by atoms with E-state index in [2.05, 4.69) is 15.5 Å². The predicted octanol–water partition coefficient (Wildman–Crippen LogP) is 0.333. The van der Waals surface area contributed by atoms with E-state index in [1.807, 2.05) is 0 Å². The highest BCUT2D eigenvalue weighted by Gasteiger charge is 2.29. The Hall–Kier alpha value is -2.81. The first kappa shape index (κ1) is 18.0. The van der Waals surface area contributed by atoms with Crippen molar-refractivity contribution in [1.82, 2.24) is 25.2 Å². The maximum Gasteiger partial charge on any atom is 0.276 e. The lowest BCUT2D eigenvalue weighted by molar-refractivity contribution is -0.126. The summed E-state index contributed by atoms with van der Waals surface area (Å²) in [6.45, 7) is 1.73. The number of benzene rings is 1. The van der Waals surface area contributed by atoms with Gasteiger partial charge in [-0.2, -0.15) is 9.90 Å². The molecule has 0 spiro atoms. The molecule has 2 amide bonds. The highest BCUT2D eigenvalue weighted by atomic mass is 19.1. The third-order valence-electron chi connectivity index (χ3n) is 4.29. The first-order valence-electron chi connectivity index (χ1n) is 8.54. The number of likely N-dealkylation sites (tertiary alicyclic amines) is 1. The second kappa shape index (κ2) is 8.05. The van der Waals surface area contributed by atoms with Gasteiger partial charge in [-0.05, 0) is 37.1 Å². The molecular weight excluding hydrogens is 339 g/mol. The topological polar surface area (TPSA) is 106 Å². The fourth-order valence-electron chi connectivity index (χ4n) is 2.94. The maximum absolute atomic E-state index is 13.0. The fraction of sp³-hybridized carbons (Fsp3) is 0.412. The number of nitrogens with one attached hydrogen (secondary N) is 1. The van der Waals surface area contributed by atoms with Crippen LogP contribution in [0, 0.1) is 11.7 Å². The van der Waals surface area contributed by atoms with Crippen LogP contribution in [-0.4, -0.2) is 57.9 Å². The number of carbonyl (C=O) groups excluding carboxylic acids is 2. The van der Waals surface area contributed by atoms with Gasteiger partial charge in [-0.1, -0.05) is 0 Å². The number of amides is 2. The van der Waals surface area contributed by atoms with E-state index < -0.39 is 0 Å². The summed E-state index contributed by atoms with van der Waals surface area (Å²) in [5.74, 6) is -0.950. The lowest BCUT2D eigenvalue weighted by Gasteiger charge is -2.31. The van der Waals surface area contributed by atoms with Gasteiger partial charge in [0.05, 0.1) is 17.8 Å². The van der Waals surface area contributed by atoms with Crippen molar-refractivity contribution in [3.63, 3.8) is 0 Å². The van der Waals surface area contributed by atoms with E-state index in [4.69, 9.17) is 5.73 Å². The summed E-state index contributed by atoms with van der Waals surface area (Å²) in [7, 11) is 0. The van der Waals surface area contributed by atoms with Crippen molar-refractivity contribution < 1.29 is 14.0 Å². The van der Waals surface area contributed by atoms with Gasteiger partial charge in [0.2, 0.25) is 5.91 Å². The number of nitrogens with zero attached hydrogens (tertiary/aromatic N) is 4. The van der Waals surface area contributed by atoms with Crippen molar-refractivity contribution in [1.29, 1.82) is 0 Å². The van der Waals surface area contributed by atoms with Crippen LogP contribution in [0.1, 0.15) is 23.3 Å². The molecule has 1 aliphatic rings. The van der Waals surface area contributed by atoms with E-state index in [1.165, 1.54) is 35.3 Å².